The molecule has 1 heterocycles. The summed E-state index contributed by atoms with van der Waals surface area (Å²) in [6.45, 7) is 0. The van der Waals surface area contributed by atoms with E-state index in [1.807, 2.05) is 24.3 Å². The van der Waals surface area contributed by atoms with Gasteiger partial charge >= 0.3 is 0 Å². The maximum atomic E-state index is 5.69. The lowest BCUT2D eigenvalue weighted by atomic mass is 10.1. The normalized spacial score (nSPS) is 10.4. The number of nitrogens with zero attached hydrogens (tertiary/aromatic N) is 2. The Bertz CT molecular complexity index is 427. The highest BCUT2D eigenvalue weighted by molar-refractivity contribution is 9.10. The van der Waals surface area contributed by atoms with Crippen LogP contribution in [0.15, 0.2) is 28.7 Å². The standard InChI is InChI=1S/C9H6BrClN2S/c10-7-3-1-6(2-4-7)5-8-12-9(11)14-13-8/h1-4H,5H2. The molecule has 0 aliphatic rings. The zero-order chi connectivity index (χ0) is 9.97. The fourth-order valence-electron chi connectivity index (χ4n) is 1.09. The molecule has 0 N–H and O–H groups in total. The van der Waals surface area contributed by atoms with Crippen molar-refractivity contribution in [3.05, 3.63) is 44.6 Å². The molecule has 1 aromatic heterocycles. The molecule has 0 aliphatic heterocycles. The van der Waals surface area contributed by atoms with Gasteiger partial charge in [0.05, 0.1) is 0 Å². The maximum Gasteiger partial charge on any atom is 0.203 e. The van der Waals surface area contributed by atoms with Crippen LogP contribution in [0.25, 0.3) is 0 Å². The van der Waals surface area contributed by atoms with Crippen LogP contribution in [0.3, 0.4) is 0 Å². The molecule has 0 saturated carbocycles. The molecule has 2 nitrogen and oxygen atoms in total. The summed E-state index contributed by atoms with van der Waals surface area (Å²) in [6, 6.07) is 8.09. The lowest BCUT2D eigenvalue weighted by molar-refractivity contribution is 1.04. The Morgan fingerprint density at radius 2 is 2.00 bits per heavy atom. The van der Waals surface area contributed by atoms with E-state index in [9.17, 15) is 0 Å². The van der Waals surface area contributed by atoms with Crippen molar-refractivity contribution >= 4 is 39.1 Å². The molecule has 2 rings (SSSR count). The Balaban J connectivity index is 2.15. The molecule has 5 heteroatoms. The Morgan fingerprint density at radius 1 is 1.29 bits per heavy atom. The molecule has 0 amide bonds. The number of halogens is 2. The van der Waals surface area contributed by atoms with Gasteiger partial charge in [0.25, 0.3) is 0 Å². The van der Waals surface area contributed by atoms with E-state index in [0.717, 1.165) is 16.7 Å². The van der Waals surface area contributed by atoms with Gasteiger partial charge in [-0.1, -0.05) is 28.1 Å². The van der Waals surface area contributed by atoms with Gasteiger partial charge in [0.2, 0.25) is 4.47 Å². The SMILES string of the molecule is Clc1nc(Cc2ccc(Br)cc2)ns1. The zero-order valence-electron chi connectivity index (χ0n) is 7.08. The number of hydrogen-bond donors (Lipinski definition) is 0. The third kappa shape index (κ3) is 2.53. The van der Waals surface area contributed by atoms with Crippen LogP contribution >= 0.6 is 39.1 Å². The number of hydrogen-bond acceptors (Lipinski definition) is 3. The van der Waals surface area contributed by atoms with Crippen LogP contribution in [0.4, 0.5) is 0 Å². The van der Waals surface area contributed by atoms with Gasteiger partial charge in [-0.05, 0) is 40.8 Å². The van der Waals surface area contributed by atoms with Crippen molar-refractivity contribution in [1.82, 2.24) is 9.36 Å². The summed E-state index contributed by atoms with van der Waals surface area (Å²) in [5, 5.41) is 0. The highest BCUT2D eigenvalue weighted by Crippen LogP contribution is 2.15. The van der Waals surface area contributed by atoms with E-state index in [1.54, 1.807) is 0 Å². The predicted molar refractivity (Wildman–Crippen MR) is 61.9 cm³/mol. The van der Waals surface area contributed by atoms with Crippen LogP contribution in [-0.4, -0.2) is 9.36 Å². The minimum absolute atomic E-state index is 0.497. The van der Waals surface area contributed by atoms with E-state index in [4.69, 9.17) is 11.6 Å². The maximum absolute atomic E-state index is 5.69. The molecule has 0 saturated heterocycles. The average Bonchev–Trinajstić information content (AvgIpc) is 2.56. The van der Waals surface area contributed by atoms with Crippen molar-refractivity contribution in [2.24, 2.45) is 0 Å². The lowest BCUT2D eigenvalue weighted by Crippen LogP contribution is -1.89. The first-order chi connectivity index (χ1) is 6.74. The Hall–Kier alpha value is -0.450. The molecule has 0 fully saturated rings. The van der Waals surface area contributed by atoms with E-state index in [2.05, 4.69) is 25.3 Å². The average molecular weight is 290 g/mol. The van der Waals surface area contributed by atoms with Crippen molar-refractivity contribution in [2.75, 3.05) is 0 Å². The van der Waals surface area contributed by atoms with Gasteiger partial charge in [0.15, 0.2) is 0 Å². The van der Waals surface area contributed by atoms with E-state index in [-0.39, 0.29) is 0 Å². The zero-order valence-corrected chi connectivity index (χ0v) is 10.2. The van der Waals surface area contributed by atoms with Gasteiger partial charge in [0, 0.05) is 10.9 Å². The molecule has 72 valence electrons. The first-order valence-corrected chi connectivity index (χ1v) is 5.91. The first-order valence-electron chi connectivity index (χ1n) is 3.96. The number of benzene rings is 1. The molecule has 0 bridgehead atoms. The molecule has 0 unspecified atom stereocenters. The molecule has 14 heavy (non-hydrogen) atoms. The van der Waals surface area contributed by atoms with Crippen LogP contribution in [0, 0.1) is 0 Å². The highest BCUT2D eigenvalue weighted by Gasteiger charge is 2.02. The van der Waals surface area contributed by atoms with Gasteiger partial charge in [-0.2, -0.15) is 4.37 Å². The van der Waals surface area contributed by atoms with Gasteiger partial charge in [0.1, 0.15) is 5.82 Å². The van der Waals surface area contributed by atoms with E-state index < -0.39 is 0 Å². The minimum atomic E-state index is 0.497. The minimum Gasteiger partial charge on any atom is -0.208 e. The van der Waals surface area contributed by atoms with E-state index in [1.165, 1.54) is 17.1 Å². The quantitative estimate of drug-likeness (QED) is 0.845. The Morgan fingerprint density at radius 3 is 2.57 bits per heavy atom. The lowest BCUT2D eigenvalue weighted by Gasteiger charge is -1.96. The van der Waals surface area contributed by atoms with Crippen molar-refractivity contribution in [1.29, 1.82) is 0 Å². The summed E-state index contributed by atoms with van der Waals surface area (Å²) in [5.41, 5.74) is 1.18. The fourth-order valence-corrected chi connectivity index (χ4v) is 1.99. The summed E-state index contributed by atoms with van der Waals surface area (Å²) in [6.07, 6.45) is 0.733. The third-order valence-corrected chi connectivity index (χ3v) is 3.08. The van der Waals surface area contributed by atoms with Crippen molar-refractivity contribution in [3.63, 3.8) is 0 Å². The summed E-state index contributed by atoms with van der Waals surface area (Å²) >= 11 is 10.3. The molecular weight excluding hydrogens is 284 g/mol. The van der Waals surface area contributed by atoms with Crippen LogP contribution < -0.4 is 0 Å². The molecule has 0 atom stereocenters. The second-order valence-electron chi connectivity index (χ2n) is 2.77. The monoisotopic (exact) mass is 288 g/mol. The van der Waals surface area contributed by atoms with Crippen LogP contribution in [0.5, 0.6) is 0 Å². The van der Waals surface area contributed by atoms with E-state index >= 15 is 0 Å². The van der Waals surface area contributed by atoms with Gasteiger partial charge < -0.3 is 0 Å². The van der Waals surface area contributed by atoms with Crippen LogP contribution in [0.2, 0.25) is 4.47 Å². The summed E-state index contributed by atoms with van der Waals surface area (Å²) in [5.74, 6) is 0.780. The summed E-state index contributed by atoms with van der Waals surface area (Å²) in [4.78, 5) is 4.09. The molecule has 1 aromatic carbocycles. The van der Waals surface area contributed by atoms with Crippen molar-refractivity contribution in [3.8, 4) is 0 Å². The summed E-state index contributed by atoms with van der Waals surface area (Å²) < 4.78 is 5.69. The van der Waals surface area contributed by atoms with Crippen molar-refractivity contribution in [2.45, 2.75) is 6.42 Å². The second-order valence-corrected chi connectivity index (χ2v) is 5.02. The van der Waals surface area contributed by atoms with Gasteiger partial charge in [-0.15, -0.1) is 0 Å². The first kappa shape index (κ1) is 10.1. The fraction of sp³-hybridized carbons (Fsp3) is 0.111. The van der Waals surface area contributed by atoms with Crippen molar-refractivity contribution < 1.29 is 0 Å². The molecule has 2 aromatic rings. The third-order valence-electron chi connectivity index (χ3n) is 1.72. The smallest absolute Gasteiger partial charge is 0.203 e. The molecular formula is C9H6BrClN2S. The van der Waals surface area contributed by atoms with Gasteiger partial charge in [-0.25, -0.2) is 4.98 Å². The topological polar surface area (TPSA) is 25.8 Å². The number of aromatic nitrogens is 2. The predicted octanol–water partition coefficient (Wildman–Crippen LogP) is 3.54. The van der Waals surface area contributed by atoms with Crippen LogP contribution in [0.1, 0.15) is 11.4 Å². The molecule has 0 radical (unpaired) electrons. The summed E-state index contributed by atoms with van der Waals surface area (Å²) in [7, 11) is 0. The van der Waals surface area contributed by atoms with E-state index in [0.29, 0.717) is 4.47 Å². The van der Waals surface area contributed by atoms with Gasteiger partial charge in [-0.3, -0.25) is 0 Å². The Labute approximate surface area is 99.2 Å². The molecule has 0 spiro atoms. The second kappa shape index (κ2) is 4.38. The Kier molecular flexibility index (Phi) is 3.15. The highest BCUT2D eigenvalue weighted by atomic mass is 79.9. The largest absolute Gasteiger partial charge is 0.208 e. The number of rotatable bonds is 2. The van der Waals surface area contributed by atoms with Crippen LogP contribution in [-0.2, 0) is 6.42 Å². The molecule has 0 aliphatic carbocycles.